The molecule has 0 aliphatic carbocycles. The van der Waals surface area contributed by atoms with Crippen molar-refractivity contribution in [3.05, 3.63) is 100 Å². The number of aryl methyl sites for hydroxylation is 1. The Labute approximate surface area is 343 Å². The molecule has 0 bridgehead atoms. The van der Waals surface area contributed by atoms with Gasteiger partial charge in [-0.1, -0.05) is 103 Å². The van der Waals surface area contributed by atoms with E-state index in [9.17, 15) is 9.18 Å². The Morgan fingerprint density at radius 2 is 1.75 bits per heavy atom. The van der Waals surface area contributed by atoms with Crippen LogP contribution in [0.1, 0.15) is 105 Å². The molecule has 2 aromatic carbocycles. The van der Waals surface area contributed by atoms with E-state index in [1.54, 1.807) is 6.07 Å². The second kappa shape index (κ2) is 25.1. The van der Waals surface area contributed by atoms with Crippen LogP contribution in [0, 0.1) is 11.7 Å². The molecule has 0 spiro atoms. The zero-order chi connectivity index (χ0) is 41.7. The van der Waals surface area contributed by atoms with Crippen molar-refractivity contribution in [2.75, 3.05) is 32.7 Å². The van der Waals surface area contributed by atoms with Gasteiger partial charge in [-0.2, -0.15) is 5.10 Å². The molecule has 2 atom stereocenters. The third-order valence-corrected chi connectivity index (χ3v) is 10.6. The molecule has 1 aliphatic heterocycles. The Balaban J connectivity index is 0.000000347. The lowest BCUT2D eigenvalue weighted by Gasteiger charge is -2.31. The molecule has 1 fully saturated rings. The molecule has 0 saturated carbocycles. The summed E-state index contributed by atoms with van der Waals surface area (Å²) in [4.78, 5) is 15.8. The van der Waals surface area contributed by atoms with Gasteiger partial charge < -0.3 is 27.0 Å². The van der Waals surface area contributed by atoms with Crippen LogP contribution in [0.3, 0.4) is 0 Å². The van der Waals surface area contributed by atoms with E-state index >= 15 is 0 Å². The van der Waals surface area contributed by atoms with Crippen LogP contribution in [0.15, 0.2) is 78.3 Å². The van der Waals surface area contributed by atoms with Crippen LogP contribution in [0.2, 0.25) is 0 Å². The minimum atomic E-state index is -0.274. The van der Waals surface area contributed by atoms with Crippen molar-refractivity contribution >= 4 is 18.2 Å². The third kappa shape index (κ3) is 14.5. The van der Waals surface area contributed by atoms with Gasteiger partial charge in [-0.25, -0.2) is 4.39 Å². The van der Waals surface area contributed by atoms with Crippen molar-refractivity contribution in [3.63, 3.8) is 0 Å². The summed E-state index contributed by atoms with van der Waals surface area (Å²) in [7, 11) is 0. The molecular formula is C47H73FN8O. The number of piperazine rings is 1. The van der Waals surface area contributed by atoms with Gasteiger partial charge >= 0.3 is 0 Å². The van der Waals surface area contributed by atoms with Crippen LogP contribution in [0.4, 0.5) is 4.39 Å². The van der Waals surface area contributed by atoms with Crippen LogP contribution in [-0.2, 0) is 17.9 Å². The van der Waals surface area contributed by atoms with Crippen molar-refractivity contribution in [2.24, 2.45) is 11.7 Å². The first kappa shape index (κ1) is 47.0. The van der Waals surface area contributed by atoms with Crippen LogP contribution < -0.4 is 37.6 Å². The van der Waals surface area contributed by atoms with Gasteiger partial charge in [-0.3, -0.25) is 14.4 Å². The fourth-order valence-electron chi connectivity index (χ4n) is 7.45. The van der Waals surface area contributed by atoms with Crippen molar-refractivity contribution in [3.8, 4) is 11.1 Å². The van der Waals surface area contributed by atoms with E-state index in [0.29, 0.717) is 30.6 Å². The molecule has 0 radical (unpaired) electrons. The lowest BCUT2D eigenvalue weighted by molar-refractivity contribution is -0.124. The highest BCUT2D eigenvalue weighted by Crippen LogP contribution is 2.24. The first-order chi connectivity index (χ1) is 27.5. The number of aromatic nitrogens is 2. The van der Waals surface area contributed by atoms with Gasteiger partial charge in [0.2, 0.25) is 5.91 Å². The van der Waals surface area contributed by atoms with E-state index in [2.05, 4.69) is 91.2 Å². The second-order valence-corrected chi connectivity index (χ2v) is 15.2. The molecule has 3 aromatic rings. The number of hydrogen-bond acceptors (Lipinski definition) is 7. The number of carbonyl (C=O) groups is 1. The maximum Gasteiger partial charge on any atom is 0.229 e. The molecule has 1 saturated heterocycles. The fourth-order valence-corrected chi connectivity index (χ4v) is 7.45. The molecule has 4 rings (SSSR count). The molecule has 10 heteroatoms. The van der Waals surface area contributed by atoms with E-state index < -0.39 is 0 Å². The van der Waals surface area contributed by atoms with Gasteiger partial charge in [0, 0.05) is 85.6 Å². The smallest absolute Gasteiger partial charge is 0.229 e. The first-order valence-corrected chi connectivity index (χ1v) is 21.5. The Kier molecular flexibility index (Phi) is 20.6. The molecule has 9 nitrogen and oxygen atoms in total. The van der Waals surface area contributed by atoms with Crippen LogP contribution >= 0.6 is 0 Å². The standard InChI is InChI=1S/C29H52N6O.C18H21FN2/c1-9-15-18-24(21(7)31-13-5)29(36)32-19-26(27(30)12-4)28(34-23(16-10-2)17-11-3)25-20-33-35(14-6)22(25)8;1-14-12-21(10-9-20-14)13-15-5-4-6-16(11-15)17-7-2-3-8-18(17)19/h20,23-24,31,34H,7-19,30H2,1-6H3,(H,32,36);2-8,11,14,20H,9-10,12-13H2,1H3/b27-26-,28-25+;. The number of hydrogen-bond donors (Lipinski definition) is 5. The largest absolute Gasteiger partial charge is 0.402 e. The van der Waals surface area contributed by atoms with Crippen LogP contribution in [-0.4, -0.2) is 65.4 Å². The Morgan fingerprint density at radius 1 is 1.02 bits per heavy atom. The molecule has 2 heterocycles. The highest BCUT2D eigenvalue weighted by atomic mass is 19.1. The summed E-state index contributed by atoms with van der Waals surface area (Å²) in [5.41, 5.74) is 12.8. The predicted molar refractivity (Wildman–Crippen MR) is 238 cm³/mol. The monoisotopic (exact) mass is 785 g/mol. The minimum absolute atomic E-state index is 0.0204. The number of amides is 1. The Hall–Kier alpha value is -4.41. The van der Waals surface area contributed by atoms with Gasteiger partial charge in [-0.15, -0.1) is 0 Å². The summed E-state index contributed by atoms with van der Waals surface area (Å²) in [6, 6.07) is 16.0. The van der Waals surface area contributed by atoms with Crippen molar-refractivity contribution in [1.82, 2.24) is 35.9 Å². The summed E-state index contributed by atoms with van der Waals surface area (Å²) in [6.07, 6.45) is 9.60. The van der Waals surface area contributed by atoms with Crippen LogP contribution in [0.25, 0.3) is 23.4 Å². The molecule has 2 unspecified atom stereocenters. The summed E-state index contributed by atoms with van der Waals surface area (Å²) >= 11 is 0. The van der Waals surface area contributed by atoms with Gasteiger partial charge in [0.25, 0.3) is 0 Å². The summed E-state index contributed by atoms with van der Waals surface area (Å²) in [5.74, 6) is -0.456. The molecule has 6 N–H and O–H groups in total. The lowest BCUT2D eigenvalue weighted by atomic mass is 9.97. The van der Waals surface area contributed by atoms with Crippen molar-refractivity contribution in [2.45, 2.75) is 125 Å². The van der Waals surface area contributed by atoms with Crippen LogP contribution in [0.5, 0.6) is 0 Å². The van der Waals surface area contributed by atoms with Gasteiger partial charge in [-0.05, 0) is 69.7 Å². The molecule has 1 aromatic heterocycles. The van der Waals surface area contributed by atoms with Gasteiger partial charge in [0.1, 0.15) is 5.82 Å². The average Bonchev–Trinajstić information content (AvgIpc) is 3.57. The van der Waals surface area contributed by atoms with Gasteiger partial charge in [0.15, 0.2) is 0 Å². The Morgan fingerprint density at radius 3 is 2.37 bits per heavy atom. The number of carbonyl (C=O) groups excluding carboxylic acids is 1. The van der Waals surface area contributed by atoms with E-state index in [4.69, 9.17) is 5.73 Å². The van der Waals surface area contributed by atoms with E-state index in [1.165, 1.54) is 11.6 Å². The van der Waals surface area contributed by atoms with Crippen molar-refractivity contribution < 1.29 is 9.18 Å². The normalized spacial score (nSPS) is 15.9. The molecule has 1 aliphatic rings. The Bertz CT molecular complexity index is 1830. The minimum Gasteiger partial charge on any atom is -0.402 e. The average molecular weight is 785 g/mol. The van der Waals surface area contributed by atoms with E-state index in [0.717, 1.165) is 123 Å². The molecule has 1 amide bonds. The SMILES string of the molecule is C=C(NCC)C(CCCC)C(=O)NCC(=C(/N)CC)/C(NC(CCC)CCC)=c1/cnn(CC)c1=C.CC1CN(Cc2cccc(-c3ccccc3F)c2)CCN1. The number of benzene rings is 2. The topological polar surface area (TPSA) is 112 Å². The summed E-state index contributed by atoms with van der Waals surface area (Å²) < 4.78 is 15.8. The third-order valence-electron chi connectivity index (χ3n) is 10.6. The number of rotatable bonds is 21. The first-order valence-electron chi connectivity index (χ1n) is 21.5. The highest BCUT2D eigenvalue weighted by Gasteiger charge is 2.23. The number of nitrogens with two attached hydrogens (primary N) is 1. The maximum atomic E-state index is 13.9. The van der Waals surface area contributed by atoms with E-state index in [1.807, 2.05) is 49.0 Å². The van der Waals surface area contributed by atoms with Gasteiger partial charge in [0.05, 0.1) is 23.2 Å². The van der Waals surface area contributed by atoms with Crippen molar-refractivity contribution in [1.29, 1.82) is 0 Å². The second-order valence-electron chi connectivity index (χ2n) is 15.2. The molecule has 57 heavy (non-hydrogen) atoms. The number of unbranched alkanes of at least 4 members (excludes halogenated alkanes) is 1. The number of halogens is 1. The molecule has 314 valence electrons. The summed E-state index contributed by atoms with van der Waals surface area (Å²) in [6.45, 7) is 29.2. The number of allylic oxidation sites excluding steroid dienone is 1. The molecular weight excluding hydrogens is 712 g/mol. The number of nitrogens with zero attached hydrogens (tertiary/aromatic N) is 3. The number of nitrogens with one attached hydrogen (secondary N) is 4. The quantitative estimate of drug-likeness (QED) is 0.0797. The fraction of sp³-hybridized carbons (Fsp3) is 0.532. The maximum absolute atomic E-state index is 13.9. The predicted octanol–water partition coefficient (Wildman–Crippen LogP) is 6.93. The lowest BCUT2D eigenvalue weighted by Crippen LogP contribution is -2.48. The summed E-state index contributed by atoms with van der Waals surface area (Å²) in [5, 5.41) is 20.0. The highest BCUT2D eigenvalue weighted by molar-refractivity contribution is 5.82. The zero-order valence-electron chi connectivity index (χ0n) is 36.2. The zero-order valence-corrected chi connectivity index (χ0v) is 36.2. The van der Waals surface area contributed by atoms with E-state index in [-0.39, 0.29) is 17.6 Å².